The molecule has 2 nitrogen and oxygen atoms in total. The van der Waals surface area contributed by atoms with Crippen LogP contribution in [0.1, 0.15) is 13.3 Å². The molecule has 8 rings (SSSR count). The summed E-state index contributed by atoms with van der Waals surface area (Å²) in [6.07, 6.45) is 1.27. The number of nitrogens with one attached hydrogen (secondary N) is 1. The molecule has 0 spiro atoms. The molecule has 0 amide bonds. The Morgan fingerprint density at radius 3 is 1.73 bits per heavy atom. The van der Waals surface area contributed by atoms with E-state index in [0.29, 0.717) is 0 Å². The van der Waals surface area contributed by atoms with Crippen molar-refractivity contribution in [3.8, 4) is 22.3 Å². The maximum absolute atomic E-state index is 3.69. The molecule has 1 aliphatic heterocycles. The highest BCUT2D eigenvalue weighted by atomic mass is 15.3. The number of para-hydroxylation sites is 2. The zero-order valence-corrected chi connectivity index (χ0v) is 23.0. The summed E-state index contributed by atoms with van der Waals surface area (Å²) in [7, 11) is 0. The van der Waals surface area contributed by atoms with Gasteiger partial charge in [-0.25, -0.2) is 0 Å². The molecule has 196 valence electrons. The molecule has 0 saturated carbocycles. The van der Waals surface area contributed by atoms with E-state index >= 15 is 0 Å². The van der Waals surface area contributed by atoms with Crippen LogP contribution < -0.4 is 10.2 Å². The van der Waals surface area contributed by atoms with Gasteiger partial charge in [0, 0.05) is 5.69 Å². The van der Waals surface area contributed by atoms with E-state index in [1.54, 1.807) is 0 Å². The van der Waals surface area contributed by atoms with Gasteiger partial charge in [-0.1, -0.05) is 116 Å². The Labute approximate surface area is 240 Å². The number of hydrogen-bond acceptors (Lipinski definition) is 2. The summed E-state index contributed by atoms with van der Waals surface area (Å²) in [5, 5.41) is 11.3. The lowest BCUT2D eigenvalue weighted by molar-refractivity contribution is 0.728. The van der Waals surface area contributed by atoms with Crippen LogP contribution in [-0.2, 0) is 0 Å². The molecule has 0 aliphatic carbocycles. The summed E-state index contributed by atoms with van der Waals surface area (Å²) in [5.74, 6) is 0. The van der Waals surface area contributed by atoms with Crippen molar-refractivity contribution >= 4 is 49.4 Å². The number of rotatable bonds is 4. The van der Waals surface area contributed by atoms with Gasteiger partial charge in [0.15, 0.2) is 0 Å². The Kier molecular flexibility index (Phi) is 5.53. The third kappa shape index (κ3) is 3.79. The van der Waals surface area contributed by atoms with Crippen LogP contribution in [0.4, 0.5) is 17.1 Å². The van der Waals surface area contributed by atoms with Crippen molar-refractivity contribution in [1.29, 1.82) is 0 Å². The van der Waals surface area contributed by atoms with Crippen molar-refractivity contribution in [3.05, 3.63) is 140 Å². The van der Waals surface area contributed by atoms with E-state index < -0.39 is 0 Å². The Morgan fingerprint density at radius 2 is 1.07 bits per heavy atom. The standard InChI is InChI=1S/C39H30N2/c1-2-37-40-35-17-9-10-18-36(35)41(37)30-23-21-27(22-24-30)38-31-13-5-7-15-33(31)39(34-16-8-6-14-32(34)38)29-20-19-26-11-3-4-12-28(26)25-29/h3-25,37,40H,2H2,1H3. The summed E-state index contributed by atoms with van der Waals surface area (Å²) in [4.78, 5) is 2.43. The van der Waals surface area contributed by atoms with Gasteiger partial charge in [-0.05, 0) is 91.3 Å². The zero-order chi connectivity index (χ0) is 27.3. The van der Waals surface area contributed by atoms with Gasteiger partial charge in [-0.15, -0.1) is 0 Å². The highest BCUT2D eigenvalue weighted by Gasteiger charge is 2.28. The first-order valence-electron chi connectivity index (χ1n) is 14.5. The minimum atomic E-state index is 0.251. The van der Waals surface area contributed by atoms with E-state index in [-0.39, 0.29) is 6.17 Å². The van der Waals surface area contributed by atoms with E-state index in [9.17, 15) is 0 Å². The molecule has 7 aromatic rings. The fourth-order valence-electron chi connectivity index (χ4n) is 6.71. The maximum atomic E-state index is 3.69. The normalized spacial score (nSPS) is 14.5. The third-order valence-corrected chi connectivity index (χ3v) is 8.59. The fraction of sp³-hybridized carbons (Fsp3) is 0.0769. The largest absolute Gasteiger partial charge is 0.363 e. The number of nitrogens with zero attached hydrogens (tertiary/aromatic N) is 1. The molecule has 7 aromatic carbocycles. The Hall–Kier alpha value is -5.08. The van der Waals surface area contributed by atoms with Gasteiger partial charge < -0.3 is 10.2 Å². The van der Waals surface area contributed by atoms with E-state index in [2.05, 4.69) is 157 Å². The lowest BCUT2D eigenvalue weighted by Gasteiger charge is -2.26. The highest BCUT2D eigenvalue weighted by Crippen LogP contribution is 2.45. The Bertz CT molecular complexity index is 2020. The second-order valence-corrected chi connectivity index (χ2v) is 10.9. The predicted octanol–water partition coefficient (Wildman–Crippen LogP) is 10.8. The van der Waals surface area contributed by atoms with Crippen LogP contribution in [0.3, 0.4) is 0 Å². The second kappa shape index (κ2) is 9.53. The molecule has 0 aromatic heterocycles. The number of fused-ring (bicyclic) bond motifs is 4. The lowest BCUT2D eigenvalue weighted by Crippen LogP contribution is -2.30. The van der Waals surface area contributed by atoms with Crippen molar-refractivity contribution in [2.75, 3.05) is 10.2 Å². The zero-order valence-electron chi connectivity index (χ0n) is 23.0. The average molecular weight is 527 g/mol. The van der Waals surface area contributed by atoms with Crippen LogP contribution in [-0.4, -0.2) is 6.17 Å². The topological polar surface area (TPSA) is 15.3 Å². The molecule has 1 atom stereocenters. The molecule has 0 radical (unpaired) electrons. The van der Waals surface area contributed by atoms with Gasteiger partial charge >= 0.3 is 0 Å². The summed E-state index contributed by atoms with van der Waals surface area (Å²) in [6.45, 7) is 2.24. The van der Waals surface area contributed by atoms with Gasteiger partial charge in [0.2, 0.25) is 0 Å². The summed E-state index contributed by atoms with van der Waals surface area (Å²) < 4.78 is 0. The van der Waals surface area contributed by atoms with Crippen LogP contribution in [0.2, 0.25) is 0 Å². The van der Waals surface area contributed by atoms with Crippen molar-refractivity contribution in [2.45, 2.75) is 19.5 Å². The smallest absolute Gasteiger partial charge is 0.104 e. The molecule has 1 heterocycles. The average Bonchev–Trinajstić information content (AvgIpc) is 3.42. The summed E-state index contributed by atoms with van der Waals surface area (Å²) in [6, 6.07) is 51.0. The van der Waals surface area contributed by atoms with Crippen LogP contribution in [0, 0.1) is 0 Å². The molecule has 1 aliphatic rings. The van der Waals surface area contributed by atoms with E-state index in [1.165, 1.54) is 71.6 Å². The third-order valence-electron chi connectivity index (χ3n) is 8.59. The number of anilines is 3. The van der Waals surface area contributed by atoms with Crippen molar-refractivity contribution in [1.82, 2.24) is 0 Å². The van der Waals surface area contributed by atoms with Gasteiger partial charge in [0.25, 0.3) is 0 Å². The SMILES string of the molecule is CCC1Nc2ccccc2N1c1ccc(-c2c3ccccc3c(-c3ccc4ccccc4c3)c3ccccc23)cc1. The molecule has 1 N–H and O–H groups in total. The molecule has 41 heavy (non-hydrogen) atoms. The summed E-state index contributed by atoms with van der Waals surface area (Å²) >= 11 is 0. The quantitative estimate of drug-likeness (QED) is 0.229. The first-order valence-corrected chi connectivity index (χ1v) is 14.5. The molecule has 1 unspecified atom stereocenters. The molecule has 0 fully saturated rings. The second-order valence-electron chi connectivity index (χ2n) is 10.9. The molecular weight excluding hydrogens is 496 g/mol. The van der Waals surface area contributed by atoms with Crippen molar-refractivity contribution < 1.29 is 0 Å². The van der Waals surface area contributed by atoms with E-state index in [4.69, 9.17) is 0 Å². The fourth-order valence-corrected chi connectivity index (χ4v) is 6.71. The molecule has 0 saturated heterocycles. The highest BCUT2D eigenvalue weighted by molar-refractivity contribution is 6.21. The number of benzene rings is 7. The van der Waals surface area contributed by atoms with Crippen LogP contribution >= 0.6 is 0 Å². The van der Waals surface area contributed by atoms with Gasteiger partial charge in [-0.3, -0.25) is 0 Å². The Morgan fingerprint density at radius 1 is 0.537 bits per heavy atom. The van der Waals surface area contributed by atoms with E-state index in [0.717, 1.165) is 6.42 Å². The van der Waals surface area contributed by atoms with Crippen molar-refractivity contribution in [3.63, 3.8) is 0 Å². The van der Waals surface area contributed by atoms with Crippen LogP contribution in [0.5, 0.6) is 0 Å². The van der Waals surface area contributed by atoms with Gasteiger partial charge in [-0.2, -0.15) is 0 Å². The lowest BCUT2D eigenvalue weighted by atomic mass is 9.85. The minimum Gasteiger partial charge on any atom is -0.363 e. The van der Waals surface area contributed by atoms with E-state index in [1.807, 2.05) is 0 Å². The molecule has 0 bridgehead atoms. The molecule has 2 heteroatoms. The van der Waals surface area contributed by atoms with Crippen molar-refractivity contribution in [2.24, 2.45) is 0 Å². The predicted molar refractivity (Wildman–Crippen MR) is 176 cm³/mol. The first-order chi connectivity index (χ1) is 20.3. The van der Waals surface area contributed by atoms with Gasteiger partial charge in [0.1, 0.15) is 6.17 Å². The van der Waals surface area contributed by atoms with Crippen LogP contribution in [0.15, 0.2) is 140 Å². The monoisotopic (exact) mass is 526 g/mol. The Balaban J connectivity index is 1.32. The molecular formula is C39H30N2. The summed E-state index contributed by atoms with van der Waals surface area (Å²) in [5.41, 5.74) is 8.72. The maximum Gasteiger partial charge on any atom is 0.104 e. The van der Waals surface area contributed by atoms with Crippen LogP contribution in [0.25, 0.3) is 54.6 Å². The minimum absolute atomic E-state index is 0.251. The first kappa shape index (κ1) is 23.8. The van der Waals surface area contributed by atoms with Gasteiger partial charge in [0.05, 0.1) is 11.4 Å². The number of hydrogen-bond donors (Lipinski definition) is 1.